The van der Waals surface area contributed by atoms with Crippen LogP contribution in [0.3, 0.4) is 0 Å². The molecule has 0 radical (unpaired) electrons. The molecule has 1 amide bonds. The van der Waals surface area contributed by atoms with Gasteiger partial charge in [-0.25, -0.2) is 0 Å². The summed E-state index contributed by atoms with van der Waals surface area (Å²) in [6.45, 7) is 4.25. The zero-order valence-corrected chi connectivity index (χ0v) is 17.6. The Bertz CT molecular complexity index is 1120. The fourth-order valence-corrected chi connectivity index (χ4v) is 5.47. The highest BCUT2D eigenvalue weighted by atomic mass is 16.4. The molecule has 2 N–H and O–H groups in total. The van der Waals surface area contributed by atoms with Gasteiger partial charge in [-0.3, -0.25) is 9.59 Å². The van der Waals surface area contributed by atoms with Crippen LogP contribution in [0.15, 0.2) is 72.8 Å². The Morgan fingerprint density at radius 1 is 0.742 bits per heavy atom. The van der Waals surface area contributed by atoms with E-state index in [1.165, 1.54) is 5.56 Å². The van der Waals surface area contributed by atoms with Crippen molar-refractivity contribution in [1.82, 2.24) is 0 Å². The van der Waals surface area contributed by atoms with Crippen LogP contribution < -0.4 is 5.32 Å². The minimum absolute atomic E-state index is 0.233. The Balaban J connectivity index is 1.58. The summed E-state index contributed by atoms with van der Waals surface area (Å²) in [6, 6.07) is 23.7. The summed E-state index contributed by atoms with van der Waals surface area (Å²) in [5.74, 6) is -2.81. The van der Waals surface area contributed by atoms with Crippen molar-refractivity contribution in [3.63, 3.8) is 0 Å². The lowest BCUT2D eigenvalue weighted by Gasteiger charge is -2.48. The standard InChI is InChI=1S/C27H25NO3/c1-15(2)16-11-13-17(14-12-16)28-26(29)24-22-18-7-3-5-9-20(18)23(25(24)27(30)31)21-10-6-4-8-19(21)22/h3-15,22-25H,1-2H3,(H,28,29)(H,30,31). The molecule has 4 nitrogen and oxygen atoms in total. The second-order valence-corrected chi connectivity index (χ2v) is 8.87. The van der Waals surface area contributed by atoms with Gasteiger partial charge in [0.25, 0.3) is 0 Å². The van der Waals surface area contributed by atoms with E-state index in [1.807, 2.05) is 72.8 Å². The van der Waals surface area contributed by atoms with Crippen LogP contribution in [-0.4, -0.2) is 17.0 Å². The highest BCUT2D eigenvalue weighted by Crippen LogP contribution is 2.58. The van der Waals surface area contributed by atoms with Crippen molar-refractivity contribution in [1.29, 1.82) is 0 Å². The molecule has 3 aliphatic carbocycles. The maximum atomic E-state index is 13.5. The number of anilines is 1. The zero-order valence-electron chi connectivity index (χ0n) is 17.6. The topological polar surface area (TPSA) is 66.4 Å². The van der Waals surface area contributed by atoms with Crippen molar-refractivity contribution in [2.45, 2.75) is 31.6 Å². The molecule has 4 heteroatoms. The predicted octanol–water partition coefficient (Wildman–Crippen LogP) is 5.36. The number of aliphatic carboxylic acids is 1. The van der Waals surface area contributed by atoms with Crippen molar-refractivity contribution in [2.24, 2.45) is 11.8 Å². The second-order valence-electron chi connectivity index (χ2n) is 8.87. The van der Waals surface area contributed by atoms with E-state index in [4.69, 9.17) is 0 Å². The van der Waals surface area contributed by atoms with E-state index in [9.17, 15) is 14.7 Å². The van der Waals surface area contributed by atoms with Crippen molar-refractivity contribution in [2.75, 3.05) is 5.32 Å². The van der Waals surface area contributed by atoms with Crippen LogP contribution in [0.2, 0.25) is 0 Å². The van der Waals surface area contributed by atoms with Crippen molar-refractivity contribution in [3.8, 4) is 0 Å². The Morgan fingerprint density at radius 3 is 1.61 bits per heavy atom. The maximum absolute atomic E-state index is 13.5. The number of hydrogen-bond acceptors (Lipinski definition) is 2. The van der Waals surface area contributed by atoms with Crippen LogP contribution in [0.4, 0.5) is 5.69 Å². The van der Waals surface area contributed by atoms with Gasteiger partial charge in [-0.1, -0.05) is 74.5 Å². The number of carbonyl (C=O) groups excluding carboxylic acids is 1. The van der Waals surface area contributed by atoms with Gasteiger partial charge in [-0.2, -0.15) is 0 Å². The van der Waals surface area contributed by atoms with Crippen molar-refractivity contribution in [3.05, 3.63) is 101 Å². The number of nitrogens with one attached hydrogen (secondary N) is 1. The van der Waals surface area contributed by atoms with Gasteiger partial charge >= 0.3 is 5.97 Å². The molecule has 31 heavy (non-hydrogen) atoms. The molecule has 0 aromatic heterocycles. The van der Waals surface area contributed by atoms with Crippen LogP contribution in [0.1, 0.15) is 59.4 Å². The number of rotatable bonds is 4. The van der Waals surface area contributed by atoms with Gasteiger partial charge in [0.2, 0.25) is 5.91 Å². The van der Waals surface area contributed by atoms with Crippen molar-refractivity contribution >= 4 is 17.6 Å². The Labute approximate surface area is 181 Å². The van der Waals surface area contributed by atoms with Crippen molar-refractivity contribution < 1.29 is 14.7 Å². The van der Waals surface area contributed by atoms with Gasteiger partial charge < -0.3 is 10.4 Å². The van der Waals surface area contributed by atoms with Crippen LogP contribution >= 0.6 is 0 Å². The van der Waals surface area contributed by atoms with Gasteiger partial charge in [-0.15, -0.1) is 0 Å². The molecule has 0 heterocycles. The van der Waals surface area contributed by atoms with E-state index in [0.29, 0.717) is 11.6 Å². The molecule has 0 saturated carbocycles. The molecule has 2 atom stereocenters. The molecule has 6 rings (SSSR count). The number of amides is 1. The summed E-state index contributed by atoms with van der Waals surface area (Å²) in [6.07, 6.45) is 0. The summed E-state index contributed by atoms with van der Waals surface area (Å²) < 4.78 is 0. The first-order valence-corrected chi connectivity index (χ1v) is 10.8. The number of carbonyl (C=O) groups is 2. The van der Waals surface area contributed by atoms with Gasteiger partial charge in [0.15, 0.2) is 0 Å². The molecule has 0 aliphatic heterocycles. The van der Waals surface area contributed by atoms with Crippen LogP contribution in [0.25, 0.3) is 0 Å². The summed E-state index contributed by atoms with van der Waals surface area (Å²) in [7, 11) is 0. The normalized spacial score (nSPS) is 23.2. The molecule has 2 bridgehead atoms. The first kappa shape index (κ1) is 19.6. The number of carboxylic acid groups (broad SMARTS) is 1. The summed E-state index contributed by atoms with van der Waals surface area (Å²) >= 11 is 0. The third-order valence-corrected chi connectivity index (χ3v) is 6.87. The third-order valence-electron chi connectivity index (χ3n) is 6.87. The summed E-state index contributed by atoms with van der Waals surface area (Å²) in [5, 5.41) is 13.2. The van der Waals surface area contributed by atoms with E-state index < -0.39 is 17.8 Å². The molecule has 0 saturated heterocycles. The fraction of sp³-hybridized carbons (Fsp3) is 0.259. The van der Waals surface area contributed by atoms with E-state index in [0.717, 1.165) is 22.3 Å². The molecule has 0 spiro atoms. The summed E-state index contributed by atoms with van der Waals surface area (Å²) in [5.41, 5.74) is 6.09. The number of fused-ring (bicyclic) bond motifs is 1. The Kier molecular flexibility index (Phi) is 4.66. The molecule has 2 unspecified atom stereocenters. The lowest BCUT2D eigenvalue weighted by Crippen LogP contribution is -2.48. The third kappa shape index (κ3) is 3.05. The van der Waals surface area contributed by atoms with E-state index >= 15 is 0 Å². The van der Waals surface area contributed by atoms with Gasteiger partial charge in [0, 0.05) is 17.5 Å². The highest BCUT2D eigenvalue weighted by Gasteiger charge is 2.55. The van der Waals surface area contributed by atoms with E-state index in [1.54, 1.807) is 0 Å². The Morgan fingerprint density at radius 2 is 1.19 bits per heavy atom. The monoisotopic (exact) mass is 411 g/mol. The lowest BCUT2D eigenvalue weighted by atomic mass is 9.54. The van der Waals surface area contributed by atoms with E-state index in [2.05, 4.69) is 19.2 Å². The molecule has 156 valence electrons. The van der Waals surface area contributed by atoms with Crippen LogP contribution in [0.5, 0.6) is 0 Å². The van der Waals surface area contributed by atoms with Gasteiger partial charge in [0.05, 0.1) is 11.8 Å². The first-order valence-electron chi connectivity index (χ1n) is 10.8. The van der Waals surface area contributed by atoms with Gasteiger partial charge in [0.1, 0.15) is 0 Å². The SMILES string of the molecule is CC(C)c1ccc(NC(=O)C2C3c4ccccc4C(c4ccccc43)C2C(=O)O)cc1. The molecular formula is C27H25NO3. The lowest BCUT2D eigenvalue weighted by molar-refractivity contribution is -0.148. The van der Waals surface area contributed by atoms with Crippen LogP contribution in [0, 0.1) is 11.8 Å². The molecular weight excluding hydrogens is 386 g/mol. The molecule has 0 fully saturated rings. The first-order chi connectivity index (χ1) is 15.0. The highest BCUT2D eigenvalue weighted by molar-refractivity contribution is 5.98. The average Bonchev–Trinajstić information content (AvgIpc) is 2.78. The van der Waals surface area contributed by atoms with E-state index in [-0.39, 0.29) is 17.7 Å². The number of benzene rings is 3. The fourth-order valence-electron chi connectivity index (χ4n) is 5.47. The Hall–Kier alpha value is -3.40. The van der Waals surface area contributed by atoms with Gasteiger partial charge in [-0.05, 0) is 45.9 Å². The smallest absolute Gasteiger partial charge is 0.308 e. The van der Waals surface area contributed by atoms with Crippen LogP contribution in [-0.2, 0) is 9.59 Å². The number of hydrogen-bond donors (Lipinski definition) is 2. The second kappa shape index (κ2) is 7.38. The maximum Gasteiger partial charge on any atom is 0.308 e. The number of carboxylic acids is 1. The average molecular weight is 412 g/mol. The minimum Gasteiger partial charge on any atom is -0.481 e. The molecule has 3 aromatic rings. The largest absolute Gasteiger partial charge is 0.481 e. The molecule has 3 aromatic carbocycles. The molecule has 3 aliphatic rings. The predicted molar refractivity (Wildman–Crippen MR) is 120 cm³/mol. The summed E-state index contributed by atoms with van der Waals surface area (Å²) in [4.78, 5) is 26.0. The zero-order chi connectivity index (χ0) is 21.7. The quantitative estimate of drug-likeness (QED) is 0.608. The minimum atomic E-state index is -0.922.